The lowest BCUT2D eigenvalue weighted by molar-refractivity contribution is -0.122. The smallest absolute Gasteiger partial charge is 0.270 e. The minimum Gasteiger partial charge on any atom is -0.493 e. The third-order valence-electron chi connectivity index (χ3n) is 3.93. The lowest BCUT2D eigenvalue weighted by atomic mass is 10.1. The van der Waals surface area contributed by atoms with E-state index in [1.807, 2.05) is 50.2 Å². The fourth-order valence-corrected chi connectivity index (χ4v) is 3.68. The van der Waals surface area contributed by atoms with Crippen LogP contribution in [0, 0.1) is 10.5 Å². The molecule has 0 bridgehead atoms. The third kappa shape index (κ3) is 4.19. The van der Waals surface area contributed by atoms with E-state index in [2.05, 4.69) is 27.9 Å². The van der Waals surface area contributed by atoms with Crippen molar-refractivity contribution in [1.29, 1.82) is 0 Å². The molecule has 5 nitrogen and oxygen atoms in total. The predicted octanol–water partition coefficient (Wildman–Crippen LogP) is 3.83. The van der Waals surface area contributed by atoms with Gasteiger partial charge in [0.05, 0.1) is 15.9 Å². The van der Waals surface area contributed by atoms with Crippen molar-refractivity contribution in [1.82, 2.24) is 5.32 Å². The molecule has 0 atom stereocenters. The molecule has 3 rings (SSSR count). The van der Waals surface area contributed by atoms with Gasteiger partial charge in [0.15, 0.2) is 5.11 Å². The first-order valence-electron chi connectivity index (χ1n) is 8.31. The van der Waals surface area contributed by atoms with Crippen molar-refractivity contribution in [3.8, 4) is 5.75 Å². The monoisotopic (exact) mass is 492 g/mol. The summed E-state index contributed by atoms with van der Waals surface area (Å²) < 4.78 is 6.43. The molecule has 0 radical (unpaired) electrons. The Bertz CT molecular complexity index is 971. The first kappa shape index (κ1) is 19.5. The van der Waals surface area contributed by atoms with Gasteiger partial charge in [-0.05, 0) is 90.1 Å². The van der Waals surface area contributed by atoms with Gasteiger partial charge in [-0.1, -0.05) is 18.2 Å². The molecule has 0 aliphatic carbocycles. The molecule has 1 saturated heterocycles. The van der Waals surface area contributed by atoms with Crippen molar-refractivity contribution < 1.29 is 14.3 Å². The van der Waals surface area contributed by atoms with Gasteiger partial charge in [-0.2, -0.15) is 0 Å². The molecule has 1 fully saturated rings. The lowest BCUT2D eigenvalue weighted by Gasteiger charge is -2.29. The van der Waals surface area contributed by atoms with Crippen LogP contribution in [0.4, 0.5) is 5.69 Å². The molecule has 138 valence electrons. The normalized spacial score (nSPS) is 15.9. The molecule has 0 spiro atoms. The fraction of sp³-hybridized carbons (Fsp3) is 0.150. The fourth-order valence-electron chi connectivity index (χ4n) is 2.71. The van der Waals surface area contributed by atoms with E-state index < -0.39 is 11.8 Å². The van der Waals surface area contributed by atoms with E-state index in [0.717, 1.165) is 20.4 Å². The molecule has 7 heteroatoms. The minimum absolute atomic E-state index is 0.0325. The molecule has 1 aliphatic heterocycles. The van der Waals surface area contributed by atoms with E-state index in [9.17, 15) is 9.59 Å². The first-order chi connectivity index (χ1) is 12.9. The largest absolute Gasteiger partial charge is 0.493 e. The summed E-state index contributed by atoms with van der Waals surface area (Å²) in [7, 11) is 0. The van der Waals surface area contributed by atoms with Gasteiger partial charge in [0, 0.05) is 0 Å². The number of anilines is 1. The van der Waals surface area contributed by atoms with Crippen molar-refractivity contribution in [3.05, 3.63) is 62.7 Å². The highest BCUT2D eigenvalue weighted by Crippen LogP contribution is 2.26. The van der Waals surface area contributed by atoms with Crippen LogP contribution in [0.3, 0.4) is 0 Å². The molecule has 1 aliphatic rings. The van der Waals surface area contributed by atoms with Crippen LogP contribution < -0.4 is 15.0 Å². The van der Waals surface area contributed by atoms with E-state index >= 15 is 0 Å². The summed E-state index contributed by atoms with van der Waals surface area (Å²) in [5, 5.41) is 2.67. The molecule has 0 saturated carbocycles. The Morgan fingerprint density at radius 3 is 2.67 bits per heavy atom. The average molecular weight is 492 g/mol. The van der Waals surface area contributed by atoms with Gasteiger partial charge in [0.1, 0.15) is 11.3 Å². The van der Waals surface area contributed by atoms with E-state index in [1.54, 1.807) is 12.1 Å². The summed E-state index contributed by atoms with van der Waals surface area (Å²) in [5.74, 6) is -0.182. The topological polar surface area (TPSA) is 58.6 Å². The average Bonchev–Trinajstić information content (AvgIpc) is 2.61. The van der Waals surface area contributed by atoms with Crippen LogP contribution in [0.2, 0.25) is 0 Å². The highest BCUT2D eigenvalue weighted by Gasteiger charge is 2.34. The lowest BCUT2D eigenvalue weighted by Crippen LogP contribution is -2.54. The van der Waals surface area contributed by atoms with E-state index in [4.69, 9.17) is 17.0 Å². The molecule has 27 heavy (non-hydrogen) atoms. The predicted molar refractivity (Wildman–Crippen MR) is 118 cm³/mol. The Kier molecular flexibility index (Phi) is 5.91. The number of benzene rings is 2. The van der Waals surface area contributed by atoms with Crippen molar-refractivity contribution >= 4 is 63.5 Å². The molecule has 2 amide bonds. The minimum atomic E-state index is -0.502. The maximum absolute atomic E-state index is 13.0. The van der Waals surface area contributed by atoms with Crippen LogP contribution in [0.25, 0.3) is 6.08 Å². The molecular weight excluding hydrogens is 475 g/mol. The molecule has 0 aromatic heterocycles. The number of ether oxygens (including phenoxy) is 1. The third-order valence-corrected chi connectivity index (χ3v) is 5.06. The van der Waals surface area contributed by atoms with E-state index in [0.29, 0.717) is 12.3 Å². The summed E-state index contributed by atoms with van der Waals surface area (Å²) in [6.45, 7) is 4.41. The number of halogens is 1. The van der Waals surface area contributed by atoms with Crippen molar-refractivity contribution in [2.75, 3.05) is 11.5 Å². The van der Waals surface area contributed by atoms with Crippen molar-refractivity contribution in [2.45, 2.75) is 13.8 Å². The van der Waals surface area contributed by atoms with Crippen molar-refractivity contribution in [2.24, 2.45) is 0 Å². The van der Waals surface area contributed by atoms with Gasteiger partial charge in [0.2, 0.25) is 0 Å². The van der Waals surface area contributed by atoms with Crippen LogP contribution in [-0.4, -0.2) is 23.5 Å². The number of thiocarbonyl (C=S) groups is 1. The summed E-state index contributed by atoms with van der Waals surface area (Å²) in [6, 6.07) is 12.9. The number of nitrogens with zero attached hydrogens (tertiary/aromatic N) is 1. The Balaban J connectivity index is 1.98. The molecule has 2 aromatic rings. The van der Waals surface area contributed by atoms with Gasteiger partial charge in [0.25, 0.3) is 11.8 Å². The second-order valence-electron chi connectivity index (χ2n) is 5.92. The molecular formula is C20H17IN2O3S. The van der Waals surface area contributed by atoms with Gasteiger partial charge in [-0.3, -0.25) is 19.8 Å². The van der Waals surface area contributed by atoms with E-state index in [-0.39, 0.29) is 10.7 Å². The molecule has 0 unspecified atom stereocenters. The number of carbonyl (C=O) groups excluding carboxylic acids is 2. The quantitative estimate of drug-likeness (QED) is 0.305. The molecule has 2 aromatic carbocycles. The van der Waals surface area contributed by atoms with Gasteiger partial charge < -0.3 is 4.74 Å². The van der Waals surface area contributed by atoms with Crippen LogP contribution in [-0.2, 0) is 9.59 Å². The number of hydrogen-bond donors (Lipinski definition) is 1. The Morgan fingerprint density at radius 2 is 2.00 bits per heavy atom. The summed E-state index contributed by atoms with van der Waals surface area (Å²) in [6.07, 6.45) is 1.57. The second-order valence-corrected chi connectivity index (χ2v) is 7.47. The maximum Gasteiger partial charge on any atom is 0.270 e. The number of hydrogen-bond acceptors (Lipinski definition) is 4. The summed E-state index contributed by atoms with van der Waals surface area (Å²) in [5.41, 5.74) is 2.38. The summed E-state index contributed by atoms with van der Waals surface area (Å²) >= 11 is 7.38. The zero-order valence-corrected chi connectivity index (χ0v) is 17.8. The summed E-state index contributed by atoms with van der Waals surface area (Å²) in [4.78, 5) is 26.7. The highest BCUT2D eigenvalue weighted by molar-refractivity contribution is 14.1. The zero-order valence-electron chi connectivity index (χ0n) is 14.8. The van der Waals surface area contributed by atoms with Crippen LogP contribution in [0.15, 0.2) is 48.0 Å². The van der Waals surface area contributed by atoms with Gasteiger partial charge in [-0.15, -0.1) is 0 Å². The number of carbonyl (C=O) groups is 2. The van der Waals surface area contributed by atoms with Gasteiger partial charge >= 0.3 is 0 Å². The van der Waals surface area contributed by atoms with Crippen LogP contribution >= 0.6 is 34.8 Å². The number of aryl methyl sites for hydroxylation is 1. The second kappa shape index (κ2) is 8.18. The standard InChI is InChI=1S/C20H17IN2O3S/c1-3-26-17-8-7-13(11-16(17)21)10-15-18(24)22-20(27)23(19(15)25)14-6-4-5-12(2)9-14/h4-11H,3H2,1-2H3,(H,22,24,27)/b15-10+. The van der Waals surface area contributed by atoms with Crippen LogP contribution in [0.5, 0.6) is 5.75 Å². The van der Waals surface area contributed by atoms with E-state index in [1.165, 1.54) is 4.90 Å². The first-order valence-corrected chi connectivity index (χ1v) is 9.80. The molecule has 1 heterocycles. The maximum atomic E-state index is 13.0. The number of rotatable bonds is 4. The number of amides is 2. The zero-order chi connectivity index (χ0) is 19.6. The molecule has 1 N–H and O–H groups in total. The van der Waals surface area contributed by atoms with Crippen LogP contribution in [0.1, 0.15) is 18.1 Å². The highest BCUT2D eigenvalue weighted by atomic mass is 127. The van der Waals surface area contributed by atoms with Crippen molar-refractivity contribution in [3.63, 3.8) is 0 Å². The van der Waals surface area contributed by atoms with Gasteiger partial charge in [-0.25, -0.2) is 0 Å². The SMILES string of the molecule is CCOc1ccc(/C=C2\C(=O)NC(=S)N(c3cccc(C)c3)C2=O)cc1I. The Hall–Kier alpha value is -2.26. The number of nitrogens with one attached hydrogen (secondary N) is 1. The Morgan fingerprint density at radius 1 is 1.22 bits per heavy atom. The Labute approximate surface area is 176 Å².